The summed E-state index contributed by atoms with van der Waals surface area (Å²) in [5.41, 5.74) is 2.80. The molecule has 2 aromatic carbocycles. The number of carbonyl (C=O) groups excluding carboxylic acids is 1. The summed E-state index contributed by atoms with van der Waals surface area (Å²) in [7, 11) is 0. The Kier molecular flexibility index (Phi) is 7.36. The number of hydrogen-bond acceptors (Lipinski definition) is 6. The van der Waals surface area contributed by atoms with E-state index in [2.05, 4.69) is 27.4 Å². The maximum Gasteiger partial charge on any atom is 0.234 e. The number of pyridine rings is 1. The van der Waals surface area contributed by atoms with E-state index in [0.717, 1.165) is 40.8 Å². The van der Waals surface area contributed by atoms with Crippen LogP contribution >= 0.6 is 11.8 Å². The molecular formula is C25H25N5O2S. The highest BCUT2D eigenvalue weighted by Gasteiger charge is 2.15. The molecule has 0 aliphatic carbocycles. The van der Waals surface area contributed by atoms with Crippen molar-refractivity contribution in [1.82, 2.24) is 19.7 Å². The fraction of sp³-hybridized carbons (Fsp3) is 0.200. The van der Waals surface area contributed by atoms with Crippen LogP contribution in [-0.2, 0) is 11.3 Å². The molecule has 0 unspecified atom stereocenters. The van der Waals surface area contributed by atoms with Gasteiger partial charge in [-0.3, -0.25) is 9.78 Å². The minimum Gasteiger partial charge on any atom is -0.457 e. The van der Waals surface area contributed by atoms with E-state index in [-0.39, 0.29) is 11.7 Å². The first-order valence-corrected chi connectivity index (χ1v) is 11.7. The Bertz CT molecular complexity index is 1210. The van der Waals surface area contributed by atoms with Crippen LogP contribution in [0.25, 0.3) is 11.4 Å². The summed E-state index contributed by atoms with van der Waals surface area (Å²) >= 11 is 1.37. The molecule has 4 aromatic rings. The molecule has 33 heavy (non-hydrogen) atoms. The number of aryl methyl sites for hydroxylation is 1. The van der Waals surface area contributed by atoms with Crippen molar-refractivity contribution in [3.63, 3.8) is 0 Å². The standard InChI is InChI=1S/C25H25N5O2S/c1-3-15-30-24(19-11-13-26-14-12-19)28-29-25(30)33-17-23(31)27-20-7-9-21(10-8-20)32-22-6-4-5-18(2)16-22/h4-14,16H,3,15,17H2,1-2H3,(H,27,31). The molecule has 0 atom stereocenters. The topological polar surface area (TPSA) is 81.9 Å². The Morgan fingerprint density at radius 2 is 1.82 bits per heavy atom. The van der Waals surface area contributed by atoms with Gasteiger partial charge in [0.1, 0.15) is 11.5 Å². The summed E-state index contributed by atoms with van der Waals surface area (Å²) < 4.78 is 7.91. The average molecular weight is 460 g/mol. The van der Waals surface area contributed by atoms with Crippen molar-refractivity contribution >= 4 is 23.4 Å². The minimum atomic E-state index is -0.108. The second kappa shape index (κ2) is 10.8. The van der Waals surface area contributed by atoms with Crippen molar-refractivity contribution in [3.8, 4) is 22.9 Å². The number of nitrogens with one attached hydrogen (secondary N) is 1. The van der Waals surface area contributed by atoms with Crippen molar-refractivity contribution in [1.29, 1.82) is 0 Å². The van der Waals surface area contributed by atoms with Crippen LogP contribution in [0.4, 0.5) is 5.69 Å². The summed E-state index contributed by atoms with van der Waals surface area (Å²) in [6.07, 6.45) is 4.41. The molecule has 0 aliphatic rings. The average Bonchev–Trinajstić information content (AvgIpc) is 3.22. The number of thioether (sulfide) groups is 1. The van der Waals surface area contributed by atoms with Gasteiger partial charge < -0.3 is 14.6 Å². The van der Waals surface area contributed by atoms with Gasteiger partial charge in [0.2, 0.25) is 5.91 Å². The molecule has 168 valence electrons. The normalized spacial score (nSPS) is 10.7. The van der Waals surface area contributed by atoms with Crippen molar-refractivity contribution in [2.24, 2.45) is 0 Å². The van der Waals surface area contributed by atoms with E-state index in [1.165, 1.54) is 11.8 Å². The zero-order valence-electron chi connectivity index (χ0n) is 18.6. The maximum atomic E-state index is 12.5. The molecular weight excluding hydrogens is 434 g/mol. The van der Waals surface area contributed by atoms with Crippen LogP contribution in [0.3, 0.4) is 0 Å². The molecule has 1 amide bonds. The van der Waals surface area contributed by atoms with Crippen LogP contribution in [-0.4, -0.2) is 31.4 Å². The van der Waals surface area contributed by atoms with Gasteiger partial charge in [-0.2, -0.15) is 0 Å². The molecule has 0 saturated carbocycles. The first-order chi connectivity index (χ1) is 16.1. The zero-order valence-corrected chi connectivity index (χ0v) is 19.4. The lowest BCUT2D eigenvalue weighted by molar-refractivity contribution is -0.113. The fourth-order valence-electron chi connectivity index (χ4n) is 3.28. The second-order valence-electron chi connectivity index (χ2n) is 7.47. The Labute approximate surface area is 197 Å². The van der Waals surface area contributed by atoms with E-state index >= 15 is 0 Å². The fourth-order valence-corrected chi connectivity index (χ4v) is 4.05. The van der Waals surface area contributed by atoms with Crippen LogP contribution in [0, 0.1) is 6.92 Å². The van der Waals surface area contributed by atoms with E-state index in [9.17, 15) is 4.79 Å². The van der Waals surface area contributed by atoms with Gasteiger partial charge >= 0.3 is 0 Å². The predicted octanol–water partition coefficient (Wildman–Crippen LogP) is 5.58. The molecule has 0 saturated heterocycles. The van der Waals surface area contributed by atoms with E-state index in [1.807, 2.05) is 72.2 Å². The number of benzene rings is 2. The molecule has 0 fully saturated rings. The third-order valence-corrected chi connectivity index (χ3v) is 5.77. The Morgan fingerprint density at radius 1 is 1.03 bits per heavy atom. The molecule has 1 N–H and O–H groups in total. The highest BCUT2D eigenvalue weighted by molar-refractivity contribution is 7.99. The van der Waals surface area contributed by atoms with Crippen molar-refractivity contribution < 1.29 is 9.53 Å². The third kappa shape index (κ3) is 5.98. The molecule has 0 radical (unpaired) electrons. The first kappa shape index (κ1) is 22.5. The van der Waals surface area contributed by atoms with Gasteiger partial charge in [-0.25, -0.2) is 0 Å². The predicted molar refractivity (Wildman–Crippen MR) is 131 cm³/mol. The van der Waals surface area contributed by atoms with Crippen molar-refractivity contribution in [2.45, 2.75) is 32.0 Å². The van der Waals surface area contributed by atoms with Gasteiger partial charge in [-0.05, 0) is 67.4 Å². The number of nitrogens with zero attached hydrogens (tertiary/aromatic N) is 4. The Balaban J connectivity index is 1.35. The lowest BCUT2D eigenvalue weighted by Crippen LogP contribution is -2.14. The molecule has 2 heterocycles. The minimum absolute atomic E-state index is 0.108. The Morgan fingerprint density at radius 3 is 2.55 bits per heavy atom. The van der Waals surface area contributed by atoms with Gasteiger partial charge in [0, 0.05) is 30.2 Å². The van der Waals surface area contributed by atoms with Gasteiger partial charge in [0.05, 0.1) is 5.75 Å². The van der Waals surface area contributed by atoms with Crippen molar-refractivity contribution in [3.05, 3.63) is 78.6 Å². The number of rotatable bonds is 9. The number of carbonyl (C=O) groups is 1. The number of ether oxygens (including phenoxy) is 1. The first-order valence-electron chi connectivity index (χ1n) is 10.7. The van der Waals surface area contributed by atoms with Crippen molar-refractivity contribution in [2.75, 3.05) is 11.1 Å². The van der Waals surface area contributed by atoms with Crippen LogP contribution in [0.1, 0.15) is 18.9 Å². The number of aromatic nitrogens is 4. The van der Waals surface area contributed by atoms with E-state index in [1.54, 1.807) is 12.4 Å². The summed E-state index contributed by atoms with van der Waals surface area (Å²) in [6, 6.07) is 19.0. The number of anilines is 1. The molecule has 8 heteroatoms. The molecule has 0 spiro atoms. The lowest BCUT2D eigenvalue weighted by Gasteiger charge is -2.10. The van der Waals surface area contributed by atoms with E-state index in [0.29, 0.717) is 11.4 Å². The number of hydrogen-bond donors (Lipinski definition) is 1. The van der Waals surface area contributed by atoms with Crippen LogP contribution in [0.5, 0.6) is 11.5 Å². The van der Waals surface area contributed by atoms with E-state index in [4.69, 9.17) is 4.74 Å². The molecule has 0 bridgehead atoms. The third-order valence-electron chi connectivity index (χ3n) is 4.80. The molecule has 4 rings (SSSR count). The molecule has 7 nitrogen and oxygen atoms in total. The lowest BCUT2D eigenvalue weighted by atomic mass is 10.2. The summed E-state index contributed by atoms with van der Waals surface area (Å²) in [5, 5.41) is 12.3. The van der Waals surface area contributed by atoms with Gasteiger partial charge in [0.15, 0.2) is 11.0 Å². The van der Waals surface area contributed by atoms with Gasteiger partial charge in [-0.15, -0.1) is 10.2 Å². The number of amides is 1. The van der Waals surface area contributed by atoms with E-state index < -0.39 is 0 Å². The highest BCUT2D eigenvalue weighted by atomic mass is 32.2. The van der Waals surface area contributed by atoms with Gasteiger partial charge in [-0.1, -0.05) is 30.8 Å². The summed E-state index contributed by atoms with van der Waals surface area (Å²) in [4.78, 5) is 16.6. The summed E-state index contributed by atoms with van der Waals surface area (Å²) in [5.74, 6) is 2.41. The molecule has 2 aromatic heterocycles. The molecule has 0 aliphatic heterocycles. The maximum absolute atomic E-state index is 12.5. The Hall–Kier alpha value is -3.65. The highest BCUT2D eigenvalue weighted by Crippen LogP contribution is 2.26. The van der Waals surface area contributed by atoms with Crippen LogP contribution in [0.2, 0.25) is 0 Å². The SMILES string of the molecule is CCCn1c(SCC(=O)Nc2ccc(Oc3cccc(C)c3)cc2)nnc1-c1ccncc1. The quantitative estimate of drug-likeness (QED) is 0.329. The summed E-state index contributed by atoms with van der Waals surface area (Å²) in [6.45, 7) is 4.90. The monoisotopic (exact) mass is 459 g/mol. The van der Waals surface area contributed by atoms with Crippen LogP contribution in [0.15, 0.2) is 78.2 Å². The second-order valence-corrected chi connectivity index (χ2v) is 8.42. The van der Waals surface area contributed by atoms with Gasteiger partial charge in [0.25, 0.3) is 0 Å². The smallest absolute Gasteiger partial charge is 0.234 e. The largest absolute Gasteiger partial charge is 0.457 e. The zero-order chi connectivity index (χ0) is 23.0. The van der Waals surface area contributed by atoms with Crippen LogP contribution < -0.4 is 10.1 Å².